The van der Waals surface area contributed by atoms with E-state index in [1.165, 1.54) is 0 Å². The van der Waals surface area contributed by atoms with Gasteiger partial charge in [0.15, 0.2) is 4.90 Å². The van der Waals surface area contributed by atoms with Crippen LogP contribution >= 0.6 is 0 Å². The van der Waals surface area contributed by atoms with E-state index in [1.54, 1.807) is 32.6 Å². The van der Waals surface area contributed by atoms with Gasteiger partial charge >= 0.3 is 0 Å². The second kappa shape index (κ2) is 8.05. The zero-order valence-electron chi connectivity index (χ0n) is 15.5. The lowest BCUT2D eigenvalue weighted by molar-refractivity contribution is 0.125. The van der Waals surface area contributed by atoms with Gasteiger partial charge in [-0.2, -0.15) is 0 Å². The van der Waals surface area contributed by atoms with Crippen LogP contribution in [0, 0.1) is 0 Å². The largest absolute Gasteiger partial charge is 0.612 e. The Balaban J connectivity index is 2.14. The molecule has 0 heterocycles. The fraction of sp³-hybridized carbons (Fsp3) is 0.182. The molecule has 0 radical (unpaired) electrons. The molecule has 3 aromatic rings. The standard InChI is InChI=1S/C22H22O4S/c1-25-19-10-4-16(5-11-19)22(23,17-6-12-20(26-2)13-7-17)18-8-14-21(15-9-18)27(3)24/h4-15,23H,1-3H3. The van der Waals surface area contributed by atoms with Gasteiger partial charge in [-0.1, -0.05) is 36.4 Å². The lowest BCUT2D eigenvalue weighted by atomic mass is 9.80. The van der Waals surface area contributed by atoms with Crippen molar-refractivity contribution in [1.29, 1.82) is 0 Å². The summed E-state index contributed by atoms with van der Waals surface area (Å²) in [5.74, 6) is 1.43. The first-order valence-corrected chi connectivity index (χ1v) is 10.00. The minimum Gasteiger partial charge on any atom is -0.612 e. The van der Waals surface area contributed by atoms with Gasteiger partial charge in [-0.25, -0.2) is 0 Å². The molecule has 3 aromatic carbocycles. The Morgan fingerprint density at radius 1 is 0.704 bits per heavy atom. The zero-order chi connectivity index (χ0) is 19.4. The molecule has 0 bridgehead atoms. The lowest BCUT2D eigenvalue weighted by Crippen LogP contribution is -2.28. The highest BCUT2D eigenvalue weighted by atomic mass is 32.2. The summed E-state index contributed by atoms with van der Waals surface area (Å²) >= 11 is -1.08. The van der Waals surface area contributed by atoms with Crippen molar-refractivity contribution in [2.45, 2.75) is 10.5 Å². The molecule has 1 unspecified atom stereocenters. The molecule has 0 spiro atoms. The Morgan fingerprint density at radius 2 is 1.04 bits per heavy atom. The molecule has 5 heteroatoms. The third-order valence-corrected chi connectivity index (χ3v) is 5.56. The monoisotopic (exact) mass is 382 g/mol. The molecule has 27 heavy (non-hydrogen) atoms. The summed E-state index contributed by atoms with van der Waals surface area (Å²) < 4.78 is 22.2. The van der Waals surface area contributed by atoms with Gasteiger partial charge in [0.25, 0.3) is 0 Å². The van der Waals surface area contributed by atoms with E-state index in [4.69, 9.17) is 9.47 Å². The van der Waals surface area contributed by atoms with Crippen LogP contribution in [0.15, 0.2) is 77.7 Å². The first kappa shape index (κ1) is 19.3. The summed E-state index contributed by atoms with van der Waals surface area (Å²) in [6.45, 7) is 0. The number of rotatable bonds is 6. The van der Waals surface area contributed by atoms with Crippen LogP contribution < -0.4 is 9.47 Å². The molecule has 0 amide bonds. The number of aliphatic hydroxyl groups is 1. The molecule has 0 aliphatic rings. The fourth-order valence-corrected chi connectivity index (χ4v) is 3.57. The van der Waals surface area contributed by atoms with Gasteiger partial charge in [-0.15, -0.1) is 0 Å². The predicted octanol–water partition coefficient (Wildman–Crippen LogP) is 3.73. The quantitative estimate of drug-likeness (QED) is 0.521. The van der Waals surface area contributed by atoms with Crippen LogP contribution in [0.1, 0.15) is 16.7 Å². The smallest absolute Gasteiger partial charge is 0.152 e. The van der Waals surface area contributed by atoms with E-state index >= 15 is 0 Å². The molecule has 3 rings (SSSR count). The van der Waals surface area contributed by atoms with E-state index in [0.717, 1.165) is 0 Å². The minimum atomic E-state index is -1.37. The number of hydrogen-bond donors (Lipinski definition) is 1. The van der Waals surface area contributed by atoms with Crippen molar-refractivity contribution in [2.24, 2.45) is 0 Å². The Kier molecular flexibility index (Phi) is 5.75. The molecule has 0 fully saturated rings. The Bertz CT molecular complexity index is 824. The van der Waals surface area contributed by atoms with Crippen LogP contribution in [0.25, 0.3) is 0 Å². The van der Waals surface area contributed by atoms with Crippen LogP contribution in [-0.4, -0.2) is 30.1 Å². The van der Waals surface area contributed by atoms with Crippen molar-refractivity contribution < 1.29 is 19.1 Å². The first-order chi connectivity index (χ1) is 13.0. The molecule has 0 saturated heterocycles. The molecule has 4 nitrogen and oxygen atoms in total. The van der Waals surface area contributed by atoms with Gasteiger partial charge in [0.05, 0.1) is 14.2 Å². The van der Waals surface area contributed by atoms with Gasteiger partial charge in [0.1, 0.15) is 23.4 Å². The van der Waals surface area contributed by atoms with Crippen LogP contribution in [0.2, 0.25) is 0 Å². The lowest BCUT2D eigenvalue weighted by Gasteiger charge is -2.30. The second-order valence-electron chi connectivity index (χ2n) is 6.15. The topological polar surface area (TPSA) is 61.8 Å². The number of hydrogen-bond acceptors (Lipinski definition) is 4. The van der Waals surface area contributed by atoms with Gasteiger partial charge in [0, 0.05) is 0 Å². The van der Waals surface area contributed by atoms with Crippen molar-refractivity contribution in [2.75, 3.05) is 20.5 Å². The molecule has 0 aliphatic carbocycles. The molecule has 1 atom stereocenters. The minimum absolute atomic E-state index is 0.687. The van der Waals surface area contributed by atoms with Crippen LogP contribution in [0.3, 0.4) is 0 Å². The van der Waals surface area contributed by atoms with E-state index in [9.17, 15) is 9.66 Å². The molecule has 140 valence electrons. The van der Waals surface area contributed by atoms with Crippen molar-refractivity contribution in [3.63, 3.8) is 0 Å². The van der Waals surface area contributed by atoms with Gasteiger partial charge in [-0.05, 0) is 64.3 Å². The molecule has 0 aromatic heterocycles. The molecular formula is C22H22O4S. The van der Waals surface area contributed by atoms with E-state index in [2.05, 4.69) is 0 Å². The average Bonchev–Trinajstić information content (AvgIpc) is 2.73. The Hall–Kier alpha value is -2.47. The molecule has 0 saturated carbocycles. The highest BCUT2D eigenvalue weighted by molar-refractivity contribution is 7.90. The van der Waals surface area contributed by atoms with Gasteiger partial charge in [-0.3, -0.25) is 0 Å². The predicted molar refractivity (Wildman–Crippen MR) is 107 cm³/mol. The number of methoxy groups -OCH3 is 2. The molecule has 1 N–H and O–H groups in total. The van der Waals surface area contributed by atoms with Crippen LogP contribution in [0.5, 0.6) is 11.5 Å². The van der Waals surface area contributed by atoms with Gasteiger partial charge in [0.2, 0.25) is 0 Å². The SMILES string of the molecule is COc1ccc(C(O)(c2ccc(OC)cc2)c2ccc([S+](C)[O-])cc2)cc1. The highest BCUT2D eigenvalue weighted by Crippen LogP contribution is 2.38. The van der Waals surface area contributed by atoms with Gasteiger partial charge < -0.3 is 19.1 Å². The third-order valence-electron chi connectivity index (χ3n) is 4.62. The van der Waals surface area contributed by atoms with Crippen LogP contribution in [-0.2, 0) is 16.8 Å². The van der Waals surface area contributed by atoms with E-state index < -0.39 is 16.8 Å². The summed E-state index contributed by atoms with van der Waals surface area (Å²) in [7, 11) is 3.21. The van der Waals surface area contributed by atoms with Crippen molar-refractivity contribution in [1.82, 2.24) is 0 Å². The first-order valence-electron chi connectivity index (χ1n) is 8.44. The summed E-state index contributed by atoms with van der Waals surface area (Å²) in [6.07, 6.45) is 1.63. The van der Waals surface area contributed by atoms with Crippen molar-refractivity contribution >= 4 is 11.2 Å². The second-order valence-corrected chi connectivity index (χ2v) is 7.53. The average molecular weight is 382 g/mol. The maximum Gasteiger partial charge on any atom is 0.152 e. The van der Waals surface area contributed by atoms with Crippen molar-refractivity contribution in [3.8, 4) is 11.5 Å². The Labute approximate surface area is 162 Å². The summed E-state index contributed by atoms with van der Waals surface area (Å²) in [5.41, 5.74) is 0.733. The maximum atomic E-state index is 11.8. The molecular weight excluding hydrogens is 360 g/mol. The van der Waals surface area contributed by atoms with Crippen LogP contribution in [0.4, 0.5) is 0 Å². The van der Waals surface area contributed by atoms with Crippen molar-refractivity contribution in [3.05, 3.63) is 89.5 Å². The maximum absolute atomic E-state index is 11.8. The fourth-order valence-electron chi connectivity index (χ4n) is 3.05. The molecule has 0 aliphatic heterocycles. The normalized spacial score (nSPS) is 12.5. The zero-order valence-corrected chi connectivity index (χ0v) is 16.3. The third kappa shape index (κ3) is 3.81. The van der Waals surface area contributed by atoms with E-state index in [1.807, 2.05) is 60.7 Å². The summed E-state index contributed by atoms with van der Waals surface area (Å²) in [4.78, 5) is 0.713. The highest BCUT2D eigenvalue weighted by Gasteiger charge is 2.34. The van der Waals surface area contributed by atoms with E-state index in [0.29, 0.717) is 33.1 Å². The number of ether oxygens (including phenoxy) is 2. The summed E-state index contributed by atoms with van der Waals surface area (Å²) in [6, 6.07) is 21.8. The number of benzene rings is 3. The Morgan fingerprint density at radius 3 is 1.33 bits per heavy atom. The van der Waals surface area contributed by atoms with E-state index in [-0.39, 0.29) is 0 Å². The summed E-state index contributed by atoms with van der Waals surface area (Å²) in [5, 5.41) is 11.8.